The van der Waals surface area contributed by atoms with Crippen LogP contribution in [0.4, 0.5) is 11.4 Å². The van der Waals surface area contributed by atoms with E-state index in [1.807, 2.05) is 37.3 Å². The van der Waals surface area contributed by atoms with Crippen molar-refractivity contribution in [2.24, 2.45) is 0 Å². The van der Waals surface area contributed by atoms with Crippen molar-refractivity contribution in [3.05, 3.63) is 202 Å². The summed E-state index contributed by atoms with van der Waals surface area (Å²) in [6.07, 6.45) is 2.73. The number of rotatable bonds is 16. The Balaban J connectivity index is 0.000000215. The highest BCUT2D eigenvalue weighted by atomic mass is 32.2. The third-order valence-electron chi connectivity index (χ3n) is 9.64. The molecule has 324 valence electrons. The summed E-state index contributed by atoms with van der Waals surface area (Å²) >= 11 is 0.838. The van der Waals surface area contributed by atoms with Crippen molar-refractivity contribution < 1.29 is 45.1 Å². The Labute approximate surface area is 370 Å². The lowest BCUT2D eigenvalue weighted by Crippen LogP contribution is -2.13. The van der Waals surface area contributed by atoms with Gasteiger partial charge in [0.25, 0.3) is 20.0 Å². The molecule has 12 nitrogen and oxygen atoms in total. The second kappa shape index (κ2) is 20.1. The van der Waals surface area contributed by atoms with E-state index in [0.717, 1.165) is 51.6 Å². The lowest BCUT2D eigenvalue weighted by Gasteiger charge is -2.10. The van der Waals surface area contributed by atoms with Gasteiger partial charge in [-0.25, -0.2) is 34.8 Å². The molecule has 0 unspecified atom stereocenters. The van der Waals surface area contributed by atoms with Crippen LogP contribution >= 0.6 is 11.3 Å². The van der Waals surface area contributed by atoms with Crippen molar-refractivity contribution in [2.75, 3.05) is 9.44 Å². The van der Waals surface area contributed by atoms with Crippen LogP contribution in [0, 0.1) is 6.92 Å². The van der Waals surface area contributed by atoms with E-state index in [2.05, 4.69) is 9.44 Å². The number of carboxylic acids is 2. The van der Waals surface area contributed by atoms with Crippen LogP contribution in [0.25, 0.3) is 0 Å². The average molecular weight is 923 g/mol. The van der Waals surface area contributed by atoms with Crippen LogP contribution in [0.15, 0.2) is 182 Å². The van der Waals surface area contributed by atoms with Crippen molar-refractivity contribution >= 4 is 64.5 Å². The van der Waals surface area contributed by atoms with Gasteiger partial charge in [-0.2, -0.15) is 0 Å². The maximum Gasteiger partial charge on any atom is 0.335 e. The van der Waals surface area contributed by atoms with E-state index in [9.17, 15) is 34.8 Å². The van der Waals surface area contributed by atoms with Gasteiger partial charge in [-0.05, 0) is 139 Å². The van der Waals surface area contributed by atoms with Gasteiger partial charge >= 0.3 is 11.9 Å². The molecule has 0 spiro atoms. The van der Waals surface area contributed by atoms with Gasteiger partial charge in [0, 0.05) is 16.8 Å². The number of hydrogen-bond acceptors (Lipinski definition) is 9. The molecule has 0 aliphatic rings. The van der Waals surface area contributed by atoms with E-state index in [-0.39, 0.29) is 30.0 Å². The van der Waals surface area contributed by atoms with E-state index in [0.29, 0.717) is 30.6 Å². The van der Waals surface area contributed by atoms with Crippen LogP contribution in [0.3, 0.4) is 0 Å². The van der Waals surface area contributed by atoms with Crippen molar-refractivity contribution in [2.45, 2.75) is 51.5 Å². The first-order valence-corrected chi connectivity index (χ1v) is 24.6. The molecule has 0 aliphatic carbocycles. The Bertz CT molecular complexity index is 3060. The van der Waals surface area contributed by atoms with Gasteiger partial charge in [-0.15, -0.1) is 11.3 Å². The third-order valence-corrected chi connectivity index (χ3v) is 15.7. The normalized spacial score (nSPS) is 11.5. The monoisotopic (exact) mass is 922 g/mol. The minimum Gasteiger partial charge on any atom is -0.478 e. The summed E-state index contributed by atoms with van der Waals surface area (Å²) in [5.74, 6) is -1.91. The first kappa shape index (κ1) is 45.9. The van der Waals surface area contributed by atoms with Gasteiger partial charge in [0.05, 0.1) is 25.8 Å². The van der Waals surface area contributed by atoms with Crippen LogP contribution in [-0.4, -0.2) is 47.4 Å². The molecule has 6 aromatic carbocycles. The topological polar surface area (TPSA) is 201 Å². The van der Waals surface area contributed by atoms with Gasteiger partial charge in [0.1, 0.15) is 4.21 Å². The zero-order valence-electron chi connectivity index (χ0n) is 33.7. The Morgan fingerprint density at radius 2 is 0.937 bits per heavy atom. The average Bonchev–Trinajstić information content (AvgIpc) is 3.80. The number of sulfonamides is 2. The fourth-order valence-electron chi connectivity index (χ4n) is 6.30. The number of carboxylic acid groups (broad SMARTS) is 2. The molecule has 63 heavy (non-hydrogen) atoms. The van der Waals surface area contributed by atoms with Gasteiger partial charge in [-0.1, -0.05) is 78.9 Å². The summed E-state index contributed by atoms with van der Waals surface area (Å²) in [6, 6.07) is 43.4. The molecular formula is C47H42N2O10S4. The molecule has 0 aliphatic heterocycles. The number of nitrogens with one attached hydrogen (secondary N) is 2. The summed E-state index contributed by atoms with van der Waals surface area (Å²) < 4.78 is 81.1. The number of thiophene rings is 1. The molecule has 4 N–H and O–H groups in total. The number of sulfone groups is 1. The van der Waals surface area contributed by atoms with Gasteiger partial charge in [-0.3, -0.25) is 9.44 Å². The summed E-state index contributed by atoms with van der Waals surface area (Å²) in [7, 11) is -11.4. The van der Waals surface area contributed by atoms with Crippen LogP contribution in [0.5, 0.6) is 0 Å². The molecule has 0 atom stereocenters. The van der Waals surface area contributed by atoms with E-state index in [1.165, 1.54) is 17.5 Å². The molecule has 0 bridgehead atoms. The van der Waals surface area contributed by atoms with E-state index >= 15 is 0 Å². The molecule has 0 radical (unpaired) electrons. The van der Waals surface area contributed by atoms with Gasteiger partial charge in [0.2, 0.25) is 9.84 Å². The Kier molecular flexibility index (Phi) is 14.6. The minimum atomic E-state index is -3.97. The fraction of sp³-hybridized carbons (Fsp3) is 0.106. The number of hydrogen-bond donors (Lipinski definition) is 4. The standard InChI is InChI=1S/C25H21NO6S3.C22H21NO4S/c27-25(28)20-6-4-5-19(15-20)10-9-18-11-13-21(14-12-18)26-35(31,32)24-16-23(17-33-24)34(29,30)22-7-2-1-3-8-22;1-16-4-2-7-21(14-16)28(26,27)23-20-12-10-17(11-13-20)8-9-18-5-3-6-19(15-18)22(24)25/h1-8,11-17,26H,9-10H2,(H,27,28);2-7,10-15,23H,8-9H2,1H3,(H,24,25). The highest BCUT2D eigenvalue weighted by molar-refractivity contribution is 7.95. The molecule has 7 aromatic rings. The smallest absolute Gasteiger partial charge is 0.335 e. The molecule has 7 rings (SSSR count). The lowest BCUT2D eigenvalue weighted by atomic mass is 10.0. The number of aromatic carboxylic acids is 2. The second-order valence-electron chi connectivity index (χ2n) is 14.4. The Morgan fingerprint density at radius 1 is 0.476 bits per heavy atom. The SMILES string of the molecule is Cc1cccc(S(=O)(=O)Nc2ccc(CCc3cccc(C(=O)O)c3)cc2)c1.O=C(O)c1cccc(CCc2ccc(NS(=O)(=O)c3cc(S(=O)(=O)c4ccccc4)cs3)cc2)c1. The van der Waals surface area contributed by atoms with Crippen LogP contribution < -0.4 is 9.44 Å². The van der Waals surface area contributed by atoms with Crippen LogP contribution in [-0.2, 0) is 55.6 Å². The van der Waals surface area contributed by atoms with Crippen molar-refractivity contribution in [1.82, 2.24) is 0 Å². The van der Waals surface area contributed by atoms with Crippen molar-refractivity contribution in [3.63, 3.8) is 0 Å². The van der Waals surface area contributed by atoms with Crippen molar-refractivity contribution in [1.29, 1.82) is 0 Å². The fourth-order valence-corrected chi connectivity index (χ4v) is 11.4. The molecule has 0 amide bonds. The number of benzene rings is 6. The highest BCUT2D eigenvalue weighted by Gasteiger charge is 2.24. The molecular weight excluding hydrogens is 881 g/mol. The first-order valence-electron chi connectivity index (χ1n) is 19.3. The zero-order valence-corrected chi connectivity index (χ0v) is 37.0. The maximum absolute atomic E-state index is 12.8. The molecule has 0 fully saturated rings. The summed E-state index contributed by atoms with van der Waals surface area (Å²) in [5, 5.41) is 19.5. The maximum atomic E-state index is 12.8. The van der Waals surface area contributed by atoms with E-state index in [1.54, 1.807) is 109 Å². The number of carbonyl (C=O) groups is 2. The predicted octanol–water partition coefficient (Wildman–Crippen LogP) is 9.14. The zero-order chi connectivity index (χ0) is 45.2. The molecule has 0 saturated carbocycles. The number of aryl methyl sites for hydroxylation is 5. The summed E-state index contributed by atoms with van der Waals surface area (Å²) in [6.45, 7) is 1.85. The van der Waals surface area contributed by atoms with Crippen LogP contribution in [0.2, 0.25) is 0 Å². The predicted molar refractivity (Wildman–Crippen MR) is 244 cm³/mol. The van der Waals surface area contributed by atoms with Gasteiger partial charge in [0.15, 0.2) is 0 Å². The molecule has 0 saturated heterocycles. The number of anilines is 2. The quantitative estimate of drug-likeness (QED) is 0.0724. The lowest BCUT2D eigenvalue weighted by molar-refractivity contribution is 0.0686. The largest absolute Gasteiger partial charge is 0.478 e. The highest BCUT2D eigenvalue weighted by Crippen LogP contribution is 2.30. The molecule has 1 aromatic heterocycles. The van der Waals surface area contributed by atoms with Crippen molar-refractivity contribution in [3.8, 4) is 0 Å². The van der Waals surface area contributed by atoms with E-state index in [4.69, 9.17) is 10.2 Å². The Hall–Kier alpha value is -6.59. The van der Waals surface area contributed by atoms with E-state index < -0.39 is 41.8 Å². The first-order chi connectivity index (χ1) is 30.0. The molecule has 1 heterocycles. The van der Waals surface area contributed by atoms with Crippen LogP contribution in [0.1, 0.15) is 48.5 Å². The molecule has 16 heteroatoms. The summed E-state index contributed by atoms with van der Waals surface area (Å²) in [5.41, 5.74) is 6.09. The third kappa shape index (κ3) is 12.5. The minimum absolute atomic E-state index is 0.0728. The second-order valence-corrected chi connectivity index (χ2v) is 20.8. The Morgan fingerprint density at radius 3 is 1.43 bits per heavy atom. The summed E-state index contributed by atoms with van der Waals surface area (Å²) in [4.78, 5) is 22.4. The van der Waals surface area contributed by atoms with Gasteiger partial charge < -0.3 is 10.2 Å².